The maximum atomic E-state index is 11.8. The standard InChI is InChI=1S/C12H17NO4S/c1-9(2)11(12(14)15)13-18(16,17)8-10-6-4-3-5-7-10/h3-7,9,11,13H,8H2,1-2H3,(H,14,15). The summed E-state index contributed by atoms with van der Waals surface area (Å²) in [6.45, 7) is 3.31. The molecule has 1 aromatic rings. The van der Waals surface area contributed by atoms with Gasteiger partial charge in [0.2, 0.25) is 10.0 Å². The highest BCUT2D eigenvalue weighted by Crippen LogP contribution is 2.08. The lowest BCUT2D eigenvalue weighted by molar-refractivity contribution is -0.140. The number of sulfonamides is 1. The molecular formula is C12H17NO4S. The van der Waals surface area contributed by atoms with E-state index in [0.717, 1.165) is 0 Å². The zero-order valence-electron chi connectivity index (χ0n) is 10.3. The Kier molecular flexibility index (Phi) is 4.86. The van der Waals surface area contributed by atoms with E-state index >= 15 is 0 Å². The van der Waals surface area contributed by atoms with Crippen molar-refractivity contribution in [1.82, 2.24) is 4.72 Å². The quantitative estimate of drug-likeness (QED) is 0.814. The molecule has 5 nitrogen and oxygen atoms in total. The van der Waals surface area contributed by atoms with Gasteiger partial charge in [0, 0.05) is 0 Å². The average molecular weight is 271 g/mol. The van der Waals surface area contributed by atoms with E-state index in [1.807, 2.05) is 0 Å². The van der Waals surface area contributed by atoms with Crippen LogP contribution in [0.2, 0.25) is 0 Å². The van der Waals surface area contributed by atoms with Crippen LogP contribution in [0.4, 0.5) is 0 Å². The third kappa shape index (κ3) is 4.46. The van der Waals surface area contributed by atoms with Gasteiger partial charge in [-0.1, -0.05) is 44.2 Å². The van der Waals surface area contributed by atoms with Gasteiger partial charge in [-0.2, -0.15) is 0 Å². The number of rotatable bonds is 6. The zero-order valence-corrected chi connectivity index (χ0v) is 11.1. The molecule has 0 aliphatic heterocycles. The number of aliphatic carboxylic acids is 1. The monoisotopic (exact) mass is 271 g/mol. The van der Waals surface area contributed by atoms with Crippen molar-refractivity contribution in [3.8, 4) is 0 Å². The Labute approximate surface area is 107 Å². The molecule has 1 unspecified atom stereocenters. The Morgan fingerprint density at radius 1 is 1.28 bits per heavy atom. The normalized spacial score (nSPS) is 13.5. The molecule has 0 spiro atoms. The topological polar surface area (TPSA) is 83.5 Å². The molecule has 0 aliphatic rings. The predicted molar refractivity (Wildman–Crippen MR) is 68.5 cm³/mol. The summed E-state index contributed by atoms with van der Waals surface area (Å²) in [5.41, 5.74) is 0.623. The minimum Gasteiger partial charge on any atom is -0.480 e. The molecule has 0 amide bonds. The van der Waals surface area contributed by atoms with E-state index in [9.17, 15) is 13.2 Å². The van der Waals surface area contributed by atoms with Gasteiger partial charge in [-0.3, -0.25) is 4.79 Å². The van der Waals surface area contributed by atoms with E-state index in [2.05, 4.69) is 4.72 Å². The third-order valence-corrected chi connectivity index (χ3v) is 3.77. The summed E-state index contributed by atoms with van der Waals surface area (Å²) in [6, 6.07) is 7.54. The first-order chi connectivity index (χ1) is 8.32. The van der Waals surface area contributed by atoms with Crippen molar-refractivity contribution < 1.29 is 18.3 Å². The molecule has 100 valence electrons. The van der Waals surface area contributed by atoms with Gasteiger partial charge in [-0.25, -0.2) is 13.1 Å². The summed E-state index contributed by atoms with van der Waals surface area (Å²) in [7, 11) is -3.65. The number of benzene rings is 1. The maximum absolute atomic E-state index is 11.8. The number of carbonyl (C=O) groups is 1. The Hall–Kier alpha value is -1.40. The van der Waals surface area contributed by atoms with E-state index in [1.165, 1.54) is 0 Å². The van der Waals surface area contributed by atoms with Crippen LogP contribution in [-0.2, 0) is 20.6 Å². The van der Waals surface area contributed by atoms with Crippen molar-refractivity contribution >= 4 is 16.0 Å². The van der Waals surface area contributed by atoms with Crippen LogP contribution in [0.15, 0.2) is 30.3 Å². The van der Waals surface area contributed by atoms with Crippen LogP contribution in [0.5, 0.6) is 0 Å². The van der Waals surface area contributed by atoms with Crippen LogP contribution in [0.25, 0.3) is 0 Å². The molecule has 1 aromatic carbocycles. The number of carboxylic acid groups (broad SMARTS) is 1. The smallest absolute Gasteiger partial charge is 0.321 e. The van der Waals surface area contributed by atoms with E-state index in [-0.39, 0.29) is 11.7 Å². The van der Waals surface area contributed by atoms with Crippen molar-refractivity contribution in [3.63, 3.8) is 0 Å². The molecule has 0 bridgehead atoms. The molecule has 0 aliphatic carbocycles. The lowest BCUT2D eigenvalue weighted by Gasteiger charge is -2.17. The fourth-order valence-electron chi connectivity index (χ4n) is 1.50. The van der Waals surface area contributed by atoms with Crippen LogP contribution in [0.1, 0.15) is 19.4 Å². The Balaban J connectivity index is 2.79. The first-order valence-corrected chi connectivity index (χ1v) is 7.24. The molecule has 0 saturated carbocycles. The highest BCUT2D eigenvalue weighted by Gasteiger charge is 2.26. The molecule has 1 rings (SSSR count). The molecule has 1 atom stereocenters. The van der Waals surface area contributed by atoms with Gasteiger partial charge >= 0.3 is 5.97 Å². The molecule has 0 radical (unpaired) electrons. The number of carboxylic acids is 1. The van der Waals surface area contributed by atoms with Gasteiger partial charge in [0.25, 0.3) is 0 Å². The molecule has 6 heteroatoms. The molecule has 0 fully saturated rings. The lowest BCUT2D eigenvalue weighted by atomic mass is 10.1. The fraction of sp³-hybridized carbons (Fsp3) is 0.417. The van der Waals surface area contributed by atoms with Gasteiger partial charge in [0.1, 0.15) is 6.04 Å². The van der Waals surface area contributed by atoms with Gasteiger partial charge in [-0.05, 0) is 11.5 Å². The summed E-state index contributed by atoms with van der Waals surface area (Å²) < 4.78 is 25.9. The van der Waals surface area contributed by atoms with Gasteiger partial charge < -0.3 is 5.11 Å². The van der Waals surface area contributed by atoms with Crippen molar-refractivity contribution in [2.45, 2.75) is 25.6 Å². The van der Waals surface area contributed by atoms with Gasteiger partial charge in [-0.15, -0.1) is 0 Å². The maximum Gasteiger partial charge on any atom is 0.321 e. The minimum atomic E-state index is -3.65. The highest BCUT2D eigenvalue weighted by atomic mass is 32.2. The Bertz CT molecular complexity index is 496. The summed E-state index contributed by atoms with van der Waals surface area (Å²) in [5, 5.41) is 8.95. The average Bonchev–Trinajstić information content (AvgIpc) is 2.26. The largest absolute Gasteiger partial charge is 0.480 e. The highest BCUT2D eigenvalue weighted by molar-refractivity contribution is 7.88. The van der Waals surface area contributed by atoms with E-state index in [4.69, 9.17) is 5.11 Å². The minimum absolute atomic E-state index is 0.218. The molecule has 2 N–H and O–H groups in total. The van der Waals surface area contributed by atoms with Crippen molar-refractivity contribution in [2.75, 3.05) is 0 Å². The van der Waals surface area contributed by atoms with Gasteiger partial charge in [0.15, 0.2) is 0 Å². The van der Waals surface area contributed by atoms with Crippen LogP contribution in [-0.4, -0.2) is 25.5 Å². The number of nitrogens with one attached hydrogen (secondary N) is 1. The summed E-state index contributed by atoms with van der Waals surface area (Å²) in [5.74, 6) is -1.70. The summed E-state index contributed by atoms with van der Waals surface area (Å²) in [6.07, 6.45) is 0. The first-order valence-electron chi connectivity index (χ1n) is 5.58. The van der Waals surface area contributed by atoms with Crippen LogP contribution in [0, 0.1) is 5.92 Å². The van der Waals surface area contributed by atoms with Crippen molar-refractivity contribution in [1.29, 1.82) is 0 Å². The molecular weight excluding hydrogens is 254 g/mol. The number of hydrogen-bond acceptors (Lipinski definition) is 3. The van der Waals surface area contributed by atoms with E-state index < -0.39 is 22.0 Å². The van der Waals surface area contributed by atoms with Crippen molar-refractivity contribution in [3.05, 3.63) is 35.9 Å². The predicted octanol–water partition coefficient (Wildman–Crippen LogP) is 1.22. The Morgan fingerprint density at radius 3 is 2.28 bits per heavy atom. The lowest BCUT2D eigenvalue weighted by Crippen LogP contribution is -2.44. The fourth-order valence-corrected chi connectivity index (χ4v) is 2.97. The zero-order chi connectivity index (χ0) is 13.8. The van der Waals surface area contributed by atoms with Gasteiger partial charge in [0.05, 0.1) is 5.75 Å². The second-order valence-corrected chi connectivity index (χ2v) is 6.18. The second kappa shape index (κ2) is 5.97. The van der Waals surface area contributed by atoms with Crippen LogP contribution < -0.4 is 4.72 Å². The SMILES string of the molecule is CC(C)C(NS(=O)(=O)Cc1ccccc1)C(=O)O. The summed E-state index contributed by atoms with van der Waals surface area (Å²) >= 11 is 0. The second-order valence-electron chi connectivity index (χ2n) is 4.42. The van der Waals surface area contributed by atoms with Crippen LogP contribution >= 0.6 is 0 Å². The Morgan fingerprint density at radius 2 is 1.83 bits per heavy atom. The number of hydrogen-bond donors (Lipinski definition) is 2. The first kappa shape index (κ1) is 14.7. The molecule has 0 aromatic heterocycles. The molecule has 0 saturated heterocycles. The van der Waals surface area contributed by atoms with Crippen LogP contribution in [0.3, 0.4) is 0 Å². The summed E-state index contributed by atoms with van der Waals surface area (Å²) in [4.78, 5) is 10.9. The van der Waals surface area contributed by atoms with Crippen molar-refractivity contribution in [2.24, 2.45) is 5.92 Å². The van der Waals surface area contributed by atoms with E-state index in [1.54, 1.807) is 44.2 Å². The van der Waals surface area contributed by atoms with E-state index in [0.29, 0.717) is 5.56 Å². The molecule has 0 heterocycles. The molecule has 18 heavy (non-hydrogen) atoms. The third-order valence-electron chi connectivity index (χ3n) is 2.44.